The Balaban J connectivity index is 2.14. The Morgan fingerprint density at radius 1 is 1.53 bits per heavy atom. The first-order chi connectivity index (χ1) is 6.93. The number of likely N-dealkylation sites (N-methyl/N-ethyl adjacent to an activating group) is 1. The topological polar surface area (TPSA) is 32.7 Å². The van der Waals surface area contributed by atoms with Gasteiger partial charge in [-0.15, -0.1) is 0 Å². The molecule has 0 amide bonds. The second-order valence-corrected chi connectivity index (χ2v) is 6.44. The van der Waals surface area contributed by atoms with E-state index in [9.17, 15) is 5.11 Å². The fourth-order valence-electron chi connectivity index (χ4n) is 3.37. The average molecular weight is 325 g/mol. The molecule has 0 aromatic rings. The Morgan fingerprint density at radius 2 is 2.13 bits per heavy atom. The average Bonchev–Trinajstić information content (AvgIpc) is 2.48. The van der Waals surface area contributed by atoms with Crippen molar-refractivity contribution in [3.05, 3.63) is 0 Å². The molecule has 1 saturated heterocycles. The van der Waals surface area contributed by atoms with Gasteiger partial charge in [-0.3, -0.25) is 0 Å². The summed E-state index contributed by atoms with van der Waals surface area (Å²) >= 11 is 1.99. The standard InChI is InChI=1S/C11H20INO2/c1-10(2)6-11(10,7-15-12)9-4-8(14)5-13(9)3/h8-9,14H,4-7H2,1-3H3. The maximum atomic E-state index is 9.72. The van der Waals surface area contributed by atoms with Crippen molar-refractivity contribution in [3.63, 3.8) is 0 Å². The molecule has 15 heavy (non-hydrogen) atoms. The smallest absolute Gasteiger partial charge is 0.109 e. The lowest BCUT2D eigenvalue weighted by Crippen LogP contribution is -2.38. The molecule has 2 rings (SSSR count). The van der Waals surface area contributed by atoms with Crippen molar-refractivity contribution < 1.29 is 8.17 Å². The largest absolute Gasteiger partial charge is 0.392 e. The molecular weight excluding hydrogens is 305 g/mol. The minimum atomic E-state index is -0.150. The maximum Gasteiger partial charge on any atom is 0.109 e. The summed E-state index contributed by atoms with van der Waals surface area (Å²) in [5.41, 5.74) is 0.627. The highest BCUT2D eigenvalue weighted by molar-refractivity contribution is 14.1. The van der Waals surface area contributed by atoms with E-state index in [1.165, 1.54) is 6.42 Å². The van der Waals surface area contributed by atoms with Gasteiger partial charge in [-0.1, -0.05) is 13.8 Å². The zero-order valence-electron chi connectivity index (χ0n) is 9.66. The van der Waals surface area contributed by atoms with Gasteiger partial charge in [0.2, 0.25) is 0 Å². The molecule has 0 bridgehead atoms. The third kappa shape index (κ3) is 1.83. The van der Waals surface area contributed by atoms with Crippen LogP contribution >= 0.6 is 23.0 Å². The highest BCUT2D eigenvalue weighted by Gasteiger charge is 2.66. The van der Waals surface area contributed by atoms with E-state index in [-0.39, 0.29) is 11.5 Å². The molecule has 1 saturated carbocycles. The molecular formula is C11H20INO2. The van der Waals surface area contributed by atoms with Crippen LogP contribution in [-0.4, -0.2) is 42.4 Å². The summed E-state index contributed by atoms with van der Waals surface area (Å²) in [6.07, 6.45) is 1.97. The quantitative estimate of drug-likeness (QED) is 0.804. The Bertz CT molecular complexity index is 259. The van der Waals surface area contributed by atoms with Crippen molar-refractivity contribution in [3.8, 4) is 0 Å². The minimum absolute atomic E-state index is 0.150. The molecule has 88 valence electrons. The fraction of sp³-hybridized carbons (Fsp3) is 1.00. The van der Waals surface area contributed by atoms with Gasteiger partial charge in [0, 0.05) is 18.0 Å². The van der Waals surface area contributed by atoms with Crippen molar-refractivity contribution in [2.45, 2.75) is 38.8 Å². The highest BCUT2D eigenvalue weighted by Crippen LogP contribution is 2.67. The molecule has 4 heteroatoms. The lowest BCUT2D eigenvalue weighted by atomic mass is 9.87. The normalized spacial score (nSPS) is 44.6. The Morgan fingerprint density at radius 3 is 2.47 bits per heavy atom. The van der Waals surface area contributed by atoms with Crippen LogP contribution in [0, 0.1) is 10.8 Å². The van der Waals surface area contributed by atoms with E-state index < -0.39 is 0 Å². The molecule has 0 radical (unpaired) electrons. The number of rotatable bonds is 3. The van der Waals surface area contributed by atoms with E-state index in [1.807, 2.05) is 23.0 Å². The van der Waals surface area contributed by atoms with Crippen LogP contribution in [-0.2, 0) is 3.07 Å². The van der Waals surface area contributed by atoms with Crippen LogP contribution in [0.3, 0.4) is 0 Å². The van der Waals surface area contributed by atoms with Crippen LogP contribution in [0.4, 0.5) is 0 Å². The van der Waals surface area contributed by atoms with E-state index in [0.717, 1.165) is 19.6 Å². The number of β-amino-alcohol motifs (C(OH)–C–C–N with tert-alkyl or cyclic N) is 1. The molecule has 3 atom stereocenters. The summed E-state index contributed by atoms with van der Waals surface area (Å²) in [5, 5.41) is 9.72. The van der Waals surface area contributed by atoms with Crippen molar-refractivity contribution in [2.24, 2.45) is 10.8 Å². The number of aliphatic hydroxyl groups excluding tert-OH is 1. The van der Waals surface area contributed by atoms with E-state index in [4.69, 9.17) is 3.07 Å². The molecule has 0 aromatic carbocycles. The predicted molar refractivity (Wildman–Crippen MR) is 67.8 cm³/mol. The predicted octanol–water partition coefficient (Wildman–Crippen LogP) is 1.83. The third-order valence-corrected chi connectivity index (χ3v) is 4.77. The number of likely N-dealkylation sites (tertiary alicyclic amines) is 1. The van der Waals surface area contributed by atoms with Crippen LogP contribution in [0.2, 0.25) is 0 Å². The Kier molecular flexibility index (Phi) is 3.08. The van der Waals surface area contributed by atoms with E-state index in [0.29, 0.717) is 11.5 Å². The van der Waals surface area contributed by atoms with Crippen LogP contribution in [0.5, 0.6) is 0 Å². The van der Waals surface area contributed by atoms with Gasteiger partial charge in [0.05, 0.1) is 12.7 Å². The van der Waals surface area contributed by atoms with Gasteiger partial charge in [-0.2, -0.15) is 0 Å². The highest BCUT2D eigenvalue weighted by atomic mass is 127. The molecule has 2 aliphatic rings. The number of nitrogens with zero attached hydrogens (tertiary/aromatic N) is 1. The van der Waals surface area contributed by atoms with E-state index in [1.54, 1.807) is 0 Å². The zero-order chi connectivity index (χ0) is 11.3. The molecule has 2 fully saturated rings. The summed E-state index contributed by atoms with van der Waals surface area (Å²) in [6.45, 7) is 6.23. The number of hydrogen-bond donors (Lipinski definition) is 1. The lowest BCUT2D eigenvalue weighted by Gasteiger charge is -2.31. The molecule has 0 aromatic heterocycles. The van der Waals surface area contributed by atoms with Crippen LogP contribution in [0.15, 0.2) is 0 Å². The van der Waals surface area contributed by atoms with Gasteiger partial charge in [0.1, 0.15) is 23.0 Å². The maximum absolute atomic E-state index is 9.72. The van der Waals surface area contributed by atoms with Crippen LogP contribution < -0.4 is 0 Å². The van der Waals surface area contributed by atoms with Crippen LogP contribution in [0.25, 0.3) is 0 Å². The second-order valence-electron chi connectivity index (χ2n) is 5.82. The first-order valence-corrected chi connectivity index (χ1v) is 6.43. The molecule has 1 N–H and O–H groups in total. The van der Waals surface area contributed by atoms with Gasteiger partial charge in [0.15, 0.2) is 0 Å². The molecule has 1 aliphatic carbocycles. The summed E-state index contributed by atoms with van der Waals surface area (Å²) in [6, 6.07) is 0.484. The molecule has 1 heterocycles. The van der Waals surface area contributed by atoms with Gasteiger partial charge in [-0.05, 0) is 25.3 Å². The number of aliphatic hydroxyl groups is 1. The summed E-state index contributed by atoms with van der Waals surface area (Å²) in [7, 11) is 2.12. The monoisotopic (exact) mass is 325 g/mol. The Labute approximate surface area is 106 Å². The minimum Gasteiger partial charge on any atom is -0.392 e. The van der Waals surface area contributed by atoms with Crippen molar-refractivity contribution >= 4 is 23.0 Å². The first kappa shape index (κ1) is 12.1. The fourth-order valence-corrected chi connectivity index (χ4v) is 3.93. The van der Waals surface area contributed by atoms with Gasteiger partial charge >= 0.3 is 0 Å². The van der Waals surface area contributed by atoms with E-state index in [2.05, 4.69) is 25.8 Å². The van der Waals surface area contributed by atoms with Crippen molar-refractivity contribution in [1.82, 2.24) is 4.90 Å². The number of hydrogen-bond acceptors (Lipinski definition) is 3. The first-order valence-electron chi connectivity index (χ1n) is 5.55. The lowest BCUT2D eigenvalue weighted by molar-refractivity contribution is 0.130. The molecule has 0 spiro atoms. The molecule has 3 unspecified atom stereocenters. The summed E-state index contributed by atoms with van der Waals surface area (Å²) < 4.78 is 5.36. The third-order valence-electron chi connectivity index (χ3n) is 4.46. The van der Waals surface area contributed by atoms with Crippen molar-refractivity contribution in [2.75, 3.05) is 20.2 Å². The molecule has 3 nitrogen and oxygen atoms in total. The van der Waals surface area contributed by atoms with Crippen molar-refractivity contribution in [1.29, 1.82) is 0 Å². The summed E-state index contributed by atoms with van der Waals surface area (Å²) in [5.74, 6) is 0. The second kappa shape index (κ2) is 3.82. The molecule has 1 aliphatic heterocycles. The Hall–Kier alpha value is 0.610. The number of halogens is 1. The van der Waals surface area contributed by atoms with E-state index >= 15 is 0 Å². The zero-order valence-corrected chi connectivity index (χ0v) is 11.8. The van der Waals surface area contributed by atoms with Gasteiger partial charge in [0.25, 0.3) is 0 Å². The van der Waals surface area contributed by atoms with Gasteiger partial charge < -0.3 is 13.1 Å². The summed E-state index contributed by atoms with van der Waals surface area (Å²) in [4.78, 5) is 2.30. The van der Waals surface area contributed by atoms with Gasteiger partial charge in [-0.25, -0.2) is 0 Å². The van der Waals surface area contributed by atoms with Crippen LogP contribution in [0.1, 0.15) is 26.7 Å². The SMILES string of the molecule is CN1CC(O)CC1C1(COI)CC1(C)C.